The fourth-order valence-electron chi connectivity index (χ4n) is 3.24. The number of aliphatic hydroxyl groups excluding tert-OH is 1. The molecule has 3 rings (SSSR count). The minimum atomic E-state index is -0.382. The minimum Gasteiger partial charge on any atom is -0.392 e. The number of fused-ring (bicyclic) bond motifs is 1. The first-order valence-corrected chi connectivity index (χ1v) is 9.15. The van der Waals surface area contributed by atoms with E-state index >= 15 is 0 Å². The molecule has 1 aliphatic heterocycles. The lowest BCUT2D eigenvalue weighted by molar-refractivity contribution is 0.201. The Morgan fingerprint density at radius 2 is 1.96 bits per heavy atom. The highest BCUT2D eigenvalue weighted by Gasteiger charge is 2.20. The molecule has 2 aromatic heterocycles. The lowest BCUT2D eigenvalue weighted by Gasteiger charge is -2.22. The molecule has 126 valence electrons. The number of likely N-dealkylation sites (N-methyl/N-ethyl adjacent to an activating group) is 1. The third kappa shape index (κ3) is 3.49. The SMILES string of the molecule is Cc1sc2nc(CN3CCCC3)nc(N(C)CC(C)O)c2c1C. The molecule has 1 saturated heterocycles. The predicted molar refractivity (Wildman–Crippen MR) is 96.4 cm³/mol. The van der Waals surface area contributed by atoms with Crippen LogP contribution in [0.4, 0.5) is 5.82 Å². The molecule has 0 aliphatic carbocycles. The van der Waals surface area contributed by atoms with Crippen LogP contribution in [0.1, 0.15) is 36.0 Å². The molecule has 0 radical (unpaired) electrons. The number of aliphatic hydroxyl groups is 1. The third-order valence-corrected chi connectivity index (χ3v) is 5.62. The number of anilines is 1. The van der Waals surface area contributed by atoms with Gasteiger partial charge in [0.15, 0.2) is 0 Å². The van der Waals surface area contributed by atoms with Crippen molar-refractivity contribution in [2.75, 3.05) is 31.6 Å². The van der Waals surface area contributed by atoms with Crippen molar-refractivity contribution in [1.82, 2.24) is 14.9 Å². The molecular weight excluding hydrogens is 308 g/mol. The van der Waals surface area contributed by atoms with Crippen molar-refractivity contribution in [2.45, 2.75) is 46.3 Å². The number of hydrogen-bond donors (Lipinski definition) is 1. The summed E-state index contributed by atoms with van der Waals surface area (Å²) in [5, 5.41) is 10.9. The lowest BCUT2D eigenvalue weighted by atomic mass is 10.2. The van der Waals surface area contributed by atoms with Gasteiger partial charge in [-0.05, 0) is 52.3 Å². The second-order valence-corrected chi connectivity index (χ2v) is 7.84. The first-order chi connectivity index (χ1) is 11.0. The maximum absolute atomic E-state index is 9.74. The second kappa shape index (κ2) is 6.71. The average molecular weight is 334 g/mol. The molecule has 0 saturated carbocycles. The zero-order valence-electron chi connectivity index (χ0n) is 14.5. The van der Waals surface area contributed by atoms with Gasteiger partial charge in [-0.1, -0.05) is 0 Å². The first-order valence-electron chi connectivity index (χ1n) is 8.34. The summed E-state index contributed by atoms with van der Waals surface area (Å²) in [4.78, 5) is 16.5. The van der Waals surface area contributed by atoms with Gasteiger partial charge >= 0.3 is 0 Å². The van der Waals surface area contributed by atoms with Gasteiger partial charge < -0.3 is 10.0 Å². The standard InChI is InChI=1S/C17H26N4OS/c1-11(22)9-20(4)16-15-12(2)13(3)23-17(15)19-14(18-16)10-21-7-5-6-8-21/h11,22H,5-10H2,1-4H3. The second-order valence-electron chi connectivity index (χ2n) is 6.64. The molecule has 23 heavy (non-hydrogen) atoms. The highest BCUT2D eigenvalue weighted by molar-refractivity contribution is 7.18. The summed E-state index contributed by atoms with van der Waals surface area (Å²) in [6.07, 6.45) is 2.16. The van der Waals surface area contributed by atoms with Crippen LogP contribution in [0.3, 0.4) is 0 Å². The van der Waals surface area contributed by atoms with E-state index in [0.29, 0.717) is 6.54 Å². The molecule has 0 amide bonds. The number of aryl methyl sites for hydroxylation is 2. The molecule has 2 aromatic rings. The summed E-state index contributed by atoms with van der Waals surface area (Å²) in [5.41, 5.74) is 1.25. The molecule has 6 heteroatoms. The van der Waals surface area contributed by atoms with E-state index in [4.69, 9.17) is 9.97 Å². The topological polar surface area (TPSA) is 52.5 Å². The number of likely N-dealkylation sites (tertiary alicyclic amines) is 1. The maximum atomic E-state index is 9.74. The van der Waals surface area contributed by atoms with E-state index in [-0.39, 0.29) is 6.10 Å². The van der Waals surface area contributed by atoms with E-state index in [1.807, 2.05) is 14.0 Å². The molecule has 1 atom stereocenters. The van der Waals surface area contributed by atoms with Gasteiger partial charge in [-0.25, -0.2) is 9.97 Å². The van der Waals surface area contributed by atoms with Crippen molar-refractivity contribution < 1.29 is 5.11 Å². The van der Waals surface area contributed by atoms with Crippen LogP contribution in [0.2, 0.25) is 0 Å². The van der Waals surface area contributed by atoms with Gasteiger partial charge in [0.2, 0.25) is 0 Å². The zero-order valence-corrected chi connectivity index (χ0v) is 15.3. The summed E-state index contributed by atoms with van der Waals surface area (Å²) in [5.74, 6) is 1.85. The highest BCUT2D eigenvalue weighted by Crippen LogP contribution is 2.35. The van der Waals surface area contributed by atoms with Crippen molar-refractivity contribution in [3.05, 3.63) is 16.3 Å². The molecule has 3 heterocycles. The molecule has 0 bridgehead atoms. The average Bonchev–Trinajstić information content (AvgIpc) is 3.07. The van der Waals surface area contributed by atoms with E-state index < -0.39 is 0 Å². The van der Waals surface area contributed by atoms with Crippen LogP contribution < -0.4 is 4.90 Å². The Hall–Kier alpha value is -1.24. The molecule has 1 unspecified atom stereocenters. The Kier molecular flexibility index (Phi) is 4.85. The number of thiophene rings is 1. The Bertz CT molecular complexity index is 691. The van der Waals surface area contributed by atoms with Crippen LogP contribution in [0.25, 0.3) is 10.2 Å². The van der Waals surface area contributed by atoms with Crippen LogP contribution in [-0.4, -0.2) is 52.8 Å². The van der Waals surface area contributed by atoms with Gasteiger partial charge in [0, 0.05) is 18.5 Å². The van der Waals surface area contributed by atoms with Gasteiger partial charge in [-0.3, -0.25) is 4.90 Å². The Labute approximate surface area is 142 Å². The van der Waals surface area contributed by atoms with E-state index in [1.54, 1.807) is 11.3 Å². The molecule has 1 fully saturated rings. The van der Waals surface area contributed by atoms with Crippen LogP contribution in [0, 0.1) is 13.8 Å². The molecule has 0 aromatic carbocycles. The molecule has 0 spiro atoms. The normalized spacial score (nSPS) is 17.1. The van der Waals surface area contributed by atoms with Gasteiger partial charge in [0.1, 0.15) is 16.5 Å². The van der Waals surface area contributed by atoms with E-state index in [2.05, 4.69) is 23.6 Å². The predicted octanol–water partition coefficient (Wildman–Crippen LogP) is 2.72. The van der Waals surface area contributed by atoms with Gasteiger partial charge in [0.25, 0.3) is 0 Å². The summed E-state index contributed by atoms with van der Waals surface area (Å²) >= 11 is 1.74. The van der Waals surface area contributed by atoms with Gasteiger partial charge in [-0.15, -0.1) is 11.3 Å². The smallest absolute Gasteiger partial charge is 0.146 e. The minimum absolute atomic E-state index is 0.382. The largest absolute Gasteiger partial charge is 0.392 e. The highest BCUT2D eigenvalue weighted by atomic mass is 32.1. The summed E-state index contributed by atoms with van der Waals surface area (Å²) < 4.78 is 0. The number of aromatic nitrogens is 2. The summed E-state index contributed by atoms with van der Waals surface area (Å²) in [6.45, 7) is 9.76. The quantitative estimate of drug-likeness (QED) is 0.911. The summed E-state index contributed by atoms with van der Waals surface area (Å²) in [6, 6.07) is 0. The first kappa shape index (κ1) is 16.6. The zero-order chi connectivity index (χ0) is 16.6. The summed E-state index contributed by atoms with van der Waals surface area (Å²) in [7, 11) is 2.00. The number of nitrogens with zero attached hydrogens (tertiary/aromatic N) is 4. The Balaban J connectivity index is 2.02. The fourth-order valence-corrected chi connectivity index (χ4v) is 4.28. The van der Waals surface area contributed by atoms with Crippen molar-refractivity contribution in [1.29, 1.82) is 0 Å². The van der Waals surface area contributed by atoms with Crippen molar-refractivity contribution in [2.24, 2.45) is 0 Å². The number of hydrogen-bond acceptors (Lipinski definition) is 6. The molecule has 5 nitrogen and oxygen atoms in total. The monoisotopic (exact) mass is 334 g/mol. The van der Waals surface area contributed by atoms with Crippen LogP contribution >= 0.6 is 11.3 Å². The van der Waals surface area contributed by atoms with Gasteiger partial charge in [0.05, 0.1) is 18.0 Å². The molecule has 1 aliphatic rings. The van der Waals surface area contributed by atoms with Gasteiger partial charge in [-0.2, -0.15) is 0 Å². The lowest BCUT2D eigenvalue weighted by Crippen LogP contribution is -2.28. The van der Waals surface area contributed by atoms with E-state index in [1.165, 1.54) is 23.3 Å². The van der Waals surface area contributed by atoms with Crippen LogP contribution in [0.5, 0.6) is 0 Å². The number of rotatable bonds is 5. The van der Waals surface area contributed by atoms with Crippen molar-refractivity contribution >= 4 is 27.4 Å². The van der Waals surface area contributed by atoms with E-state index in [9.17, 15) is 5.11 Å². The Morgan fingerprint density at radius 3 is 2.61 bits per heavy atom. The Morgan fingerprint density at radius 1 is 1.26 bits per heavy atom. The molecule has 1 N–H and O–H groups in total. The van der Waals surface area contributed by atoms with Crippen LogP contribution in [0.15, 0.2) is 0 Å². The molecular formula is C17H26N4OS. The fraction of sp³-hybridized carbons (Fsp3) is 0.647. The van der Waals surface area contributed by atoms with Crippen molar-refractivity contribution in [3.63, 3.8) is 0 Å². The van der Waals surface area contributed by atoms with E-state index in [0.717, 1.165) is 41.5 Å². The van der Waals surface area contributed by atoms with Crippen LogP contribution in [-0.2, 0) is 6.54 Å². The van der Waals surface area contributed by atoms with Crippen molar-refractivity contribution in [3.8, 4) is 0 Å². The maximum Gasteiger partial charge on any atom is 0.146 e. The third-order valence-electron chi connectivity index (χ3n) is 4.52.